The first-order chi connectivity index (χ1) is 13.9. The fourth-order valence-electron chi connectivity index (χ4n) is 3.32. The Labute approximate surface area is 174 Å². The molecule has 2 rings (SSSR count). The minimum absolute atomic E-state index is 0.0750. The molecule has 1 aliphatic rings. The number of rotatable bonds is 11. The third-order valence-corrected chi connectivity index (χ3v) is 5.30. The predicted molar refractivity (Wildman–Crippen MR) is 117 cm³/mol. The molecule has 0 aliphatic carbocycles. The Morgan fingerprint density at radius 2 is 2.10 bits per heavy atom. The molecule has 0 unspecified atom stereocenters. The molecule has 1 aromatic heterocycles. The van der Waals surface area contributed by atoms with E-state index < -0.39 is 12.1 Å². The van der Waals surface area contributed by atoms with Crippen LogP contribution in [0.4, 0.5) is 0 Å². The molecule has 0 bridgehead atoms. The second kappa shape index (κ2) is 11.5. The molecule has 2 heterocycles. The Balaban J connectivity index is 1.65. The van der Waals surface area contributed by atoms with Crippen LogP contribution < -0.4 is 0 Å². The van der Waals surface area contributed by atoms with Gasteiger partial charge in [-0.2, -0.15) is 0 Å². The first kappa shape index (κ1) is 22.8. The Bertz CT molecular complexity index is 778. The van der Waals surface area contributed by atoms with Crippen molar-refractivity contribution >= 4 is 5.97 Å². The molecule has 0 aromatic carbocycles. The number of aryl methyl sites for hydroxylation is 1. The summed E-state index contributed by atoms with van der Waals surface area (Å²) >= 11 is 0. The normalized spacial score (nSPS) is 19.3. The van der Waals surface area contributed by atoms with E-state index in [9.17, 15) is 9.90 Å². The first-order valence-corrected chi connectivity index (χ1v) is 10.5. The zero-order chi connectivity index (χ0) is 21.2. The van der Waals surface area contributed by atoms with Crippen LogP contribution in [-0.4, -0.2) is 17.2 Å². The van der Waals surface area contributed by atoms with Gasteiger partial charge >= 0.3 is 5.97 Å². The van der Waals surface area contributed by atoms with E-state index in [0.29, 0.717) is 17.9 Å². The summed E-state index contributed by atoms with van der Waals surface area (Å²) in [5, 5.41) is 9.92. The number of aliphatic hydroxyl groups excluding tert-OH is 1. The van der Waals surface area contributed by atoms with Crippen molar-refractivity contribution in [3.05, 3.63) is 70.9 Å². The van der Waals surface area contributed by atoms with Crippen LogP contribution in [0.1, 0.15) is 65.4 Å². The highest BCUT2D eigenvalue weighted by molar-refractivity contribution is 5.91. The molecule has 0 saturated carbocycles. The molecule has 0 saturated heterocycles. The van der Waals surface area contributed by atoms with Crippen LogP contribution in [0, 0.1) is 5.92 Å². The van der Waals surface area contributed by atoms with Gasteiger partial charge in [0.2, 0.25) is 0 Å². The number of esters is 1. The number of carbonyl (C=O) groups is 1. The van der Waals surface area contributed by atoms with E-state index in [1.165, 1.54) is 11.1 Å². The molecule has 4 nitrogen and oxygen atoms in total. The standard InChI is InChI=1S/C25H34O4/c1-18(8-5-9-19(2)11-7-13-22-14-15-28-17-22)10-6-12-20(3)16-23-24(26)21(4)25(27)29-23/h5,8-9,12,14-15,17-18,23,26H,6-7,10-11,13,16H2,1-4H3/b8-5+,19-9+,20-12-/t18-,23-/m1/s1. The molecule has 0 fully saturated rings. The van der Waals surface area contributed by atoms with Gasteiger partial charge in [0.1, 0.15) is 5.76 Å². The van der Waals surface area contributed by atoms with Crippen molar-refractivity contribution < 1.29 is 19.1 Å². The average Bonchev–Trinajstić information content (AvgIpc) is 3.27. The SMILES string of the molecule is CC1=C(O)[C@@H](C/C(C)=C\CC[C@H](C)/C=C/C=C(\C)CCCc2ccoc2)OC1=O. The summed E-state index contributed by atoms with van der Waals surface area (Å²) in [6.07, 6.45) is 17.7. The van der Waals surface area contributed by atoms with E-state index in [2.05, 4.69) is 38.2 Å². The average molecular weight is 399 g/mol. The number of carbonyl (C=O) groups excluding carboxylic acids is 1. The van der Waals surface area contributed by atoms with Gasteiger partial charge in [-0.15, -0.1) is 0 Å². The number of allylic oxidation sites excluding steroid dienone is 5. The van der Waals surface area contributed by atoms with Crippen molar-refractivity contribution in [2.45, 2.75) is 72.3 Å². The van der Waals surface area contributed by atoms with E-state index in [4.69, 9.17) is 9.15 Å². The van der Waals surface area contributed by atoms with Crippen molar-refractivity contribution in [3.8, 4) is 0 Å². The predicted octanol–water partition coefficient (Wildman–Crippen LogP) is 6.61. The number of hydrogen-bond acceptors (Lipinski definition) is 4. The molecule has 0 radical (unpaired) electrons. The van der Waals surface area contributed by atoms with Crippen molar-refractivity contribution in [1.29, 1.82) is 0 Å². The van der Waals surface area contributed by atoms with E-state index >= 15 is 0 Å². The highest BCUT2D eigenvalue weighted by Crippen LogP contribution is 2.25. The summed E-state index contributed by atoms with van der Waals surface area (Å²) in [6, 6.07) is 2.03. The third kappa shape index (κ3) is 7.80. The maximum absolute atomic E-state index is 11.5. The third-order valence-electron chi connectivity index (χ3n) is 5.30. The van der Waals surface area contributed by atoms with Gasteiger partial charge in [0.05, 0.1) is 18.1 Å². The van der Waals surface area contributed by atoms with Crippen molar-refractivity contribution in [3.63, 3.8) is 0 Å². The monoisotopic (exact) mass is 398 g/mol. The summed E-state index contributed by atoms with van der Waals surface area (Å²) < 4.78 is 10.3. The molecular weight excluding hydrogens is 364 g/mol. The molecule has 1 N–H and O–H groups in total. The van der Waals surface area contributed by atoms with Crippen molar-refractivity contribution in [2.75, 3.05) is 0 Å². The number of ether oxygens (including phenoxy) is 1. The smallest absolute Gasteiger partial charge is 0.338 e. The van der Waals surface area contributed by atoms with Crippen molar-refractivity contribution in [2.24, 2.45) is 5.92 Å². The fourth-order valence-corrected chi connectivity index (χ4v) is 3.32. The lowest BCUT2D eigenvalue weighted by molar-refractivity contribution is -0.140. The number of aliphatic hydroxyl groups is 1. The second-order valence-corrected chi connectivity index (χ2v) is 8.10. The van der Waals surface area contributed by atoms with E-state index in [1.54, 1.807) is 13.2 Å². The van der Waals surface area contributed by atoms with Crippen LogP contribution in [0.25, 0.3) is 0 Å². The lowest BCUT2D eigenvalue weighted by Crippen LogP contribution is -2.12. The van der Waals surface area contributed by atoms with Gasteiger partial charge in [0, 0.05) is 6.42 Å². The zero-order valence-electron chi connectivity index (χ0n) is 18.1. The maximum Gasteiger partial charge on any atom is 0.338 e. The maximum atomic E-state index is 11.5. The summed E-state index contributed by atoms with van der Waals surface area (Å²) in [7, 11) is 0. The highest BCUT2D eigenvalue weighted by atomic mass is 16.6. The van der Waals surface area contributed by atoms with Gasteiger partial charge in [-0.3, -0.25) is 0 Å². The molecule has 0 amide bonds. The molecule has 2 atom stereocenters. The van der Waals surface area contributed by atoms with E-state index in [-0.39, 0.29) is 5.76 Å². The van der Waals surface area contributed by atoms with Crippen LogP contribution in [0.5, 0.6) is 0 Å². The molecule has 29 heavy (non-hydrogen) atoms. The number of furan rings is 1. The topological polar surface area (TPSA) is 59.7 Å². The van der Waals surface area contributed by atoms with Crippen LogP contribution in [0.2, 0.25) is 0 Å². The Kier molecular flexibility index (Phi) is 9.04. The Hall–Kier alpha value is -2.49. The quantitative estimate of drug-likeness (QED) is 0.259. The Morgan fingerprint density at radius 1 is 1.31 bits per heavy atom. The van der Waals surface area contributed by atoms with Crippen molar-refractivity contribution in [1.82, 2.24) is 0 Å². The largest absolute Gasteiger partial charge is 0.508 e. The van der Waals surface area contributed by atoms with Gasteiger partial charge in [0.15, 0.2) is 6.10 Å². The second-order valence-electron chi connectivity index (χ2n) is 8.10. The molecule has 1 aromatic rings. The molecule has 0 spiro atoms. The van der Waals surface area contributed by atoms with E-state index in [1.807, 2.05) is 19.3 Å². The number of cyclic esters (lactones) is 1. The van der Waals surface area contributed by atoms with Crippen LogP contribution in [0.15, 0.2) is 69.8 Å². The minimum atomic E-state index is -0.516. The molecule has 4 heteroatoms. The molecule has 158 valence electrons. The zero-order valence-corrected chi connectivity index (χ0v) is 18.1. The van der Waals surface area contributed by atoms with E-state index in [0.717, 1.165) is 37.7 Å². The highest BCUT2D eigenvalue weighted by Gasteiger charge is 2.31. The summed E-state index contributed by atoms with van der Waals surface area (Å²) in [6.45, 7) is 8.02. The van der Waals surface area contributed by atoms with Gasteiger partial charge in [0.25, 0.3) is 0 Å². The Morgan fingerprint density at radius 3 is 2.76 bits per heavy atom. The minimum Gasteiger partial charge on any atom is -0.508 e. The number of hydrogen-bond donors (Lipinski definition) is 1. The van der Waals surface area contributed by atoms with Gasteiger partial charge in [-0.25, -0.2) is 4.79 Å². The summed E-state index contributed by atoms with van der Waals surface area (Å²) in [4.78, 5) is 11.5. The fraction of sp³-hybridized carbons (Fsp3) is 0.480. The summed E-state index contributed by atoms with van der Waals surface area (Å²) in [5.74, 6) is 0.156. The lowest BCUT2D eigenvalue weighted by atomic mass is 10.0. The van der Waals surface area contributed by atoms with Crippen LogP contribution >= 0.6 is 0 Å². The van der Waals surface area contributed by atoms with Gasteiger partial charge < -0.3 is 14.3 Å². The van der Waals surface area contributed by atoms with Crippen LogP contribution in [-0.2, 0) is 16.0 Å². The molecule has 1 aliphatic heterocycles. The summed E-state index contributed by atoms with van der Waals surface area (Å²) in [5.41, 5.74) is 4.11. The molecular formula is C25H34O4. The van der Waals surface area contributed by atoms with Crippen LogP contribution in [0.3, 0.4) is 0 Å². The lowest BCUT2D eigenvalue weighted by Gasteiger charge is -2.11. The van der Waals surface area contributed by atoms with Gasteiger partial charge in [-0.05, 0) is 70.4 Å². The first-order valence-electron chi connectivity index (χ1n) is 10.5. The van der Waals surface area contributed by atoms with Gasteiger partial charge in [-0.1, -0.05) is 42.4 Å².